The van der Waals surface area contributed by atoms with Crippen LogP contribution in [0.1, 0.15) is 22.8 Å². The third-order valence-electron chi connectivity index (χ3n) is 2.06. The molecule has 0 spiro atoms. The average Bonchev–Trinajstić information content (AvgIpc) is 2.28. The second-order valence-electron chi connectivity index (χ2n) is 3.11. The van der Waals surface area contributed by atoms with Gasteiger partial charge in [0.15, 0.2) is 0 Å². The molecule has 1 aromatic carbocycles. The summed E-state index contributed by atoms with van der Waals surface area (Å²) in [6.07, 6.45) is 1.66. The van der Waals surface area contributed by atoms with Crippen LogP contribution in [0.15, 0.2) is 30.5 Å². The van der Waals surface area contributed by atoms with Crippen molar-refractivity contribution >= 4 is 11.5 Å². The van der Waals surface area contributed by atoms with Crippen LogP contribution in [0.25, 0.3) is 5.57 Å². The maximum atomic E-state index is 11.2. The number of carbonyl (C=O) groups is 1. The molecule has 0 unspecified atom stereocenters. The highest BCUT2D eigenvalue weighted by molar-refractivity contribution is 5.89. The van der Waals surface area contributed by atoms with Crippen LogP contribution >= 0.6 is 0 Å². The van der Waals surface area contributed by atoms with Crippen molar-refractivity contribution in [2.24, 2.45) is 0 Å². The molecule has 0 aliphatic rings. The van der Waals surface area contributed by atoms with Crippen LogP contribution in [0.3, 0.4) is 0 Å². The number of ether oxygens (including phenoxy) is 2. The van der Waals surface area contributed by atoms with Crippen LogP contribution in [0.5, 0.6) is 0 Å². The van der Waals surface area contributed by atoms with Crippen LogP contribution in [0.2, 0.25) is 0 Å². The number of hydrogen-bond donors (Lipinski definition) is 0. The molecule has 0 N–H and O–H groups in total. The van der Waals surface area contributed by atoms with Crippen molar-refractivity contribution in [3.63, 3.8) is 0 Å². The van der Waals surface area contributed by atoms with Gasteiger partial charge in [-0.15, -0.1) is 0 Å². The van der Waals surface area contributed by atoms with Crippen molar-refractivity contribution in [2.45, 2.75) is 6.92 Å². The van der Waals surface area contributed by atoms with Gasteiger partial charge in [-0.3, -0.25) is 0 Å². The zero-order chi connectivity index (χ0) is 11.3. The van der Waals surface area contributed by atoms with Crippen molar-refractivity contribution in [2.75, 3.05) is 14.2 Å². The molecular weight excluding hydrogens is 192 g/mol. The maximum absolute atomic E-state index is 11.2. The third kappa shape index (κ3) is 2.84. The van der Waals surface area contributed by atoms with Crippen LogP contribution in [0, 0.1) is 0 Å². The highest BCUT2D eigenvalue weighted by Crippen LogP contribution is 2.14. The molecule has 0 amide bonds. The number of carbonyl (C=O) groups excluding carboxylic acids is 1. The molecule has 0 aliphatic carbocycles. The van der Waals surface area contributed by atoms with Crippen LogP contribution < -0.4 is 0 Å². The predicted molar refractivity (Wildman–Crippen MR) is 58.4 cm³/mol. The van der Waals surface area contributed by atoms with Gasteiger partial charge < -0.3 is 9.47 Å². The van der Waals surface area contributed by atoms with E-state index in [4.69, 9.17) is 4.74 Å². The summed E-state index contributed by atoms with van der Waals surface area (Å²) in [4.78, 5) is 11.2. The van der Waals surface area contributed by atoms with Gasteiger partial charge in [0.1, 0.15) is 0 Å². The van der Waals surface area contributed by atoms with Gasteiger partial charge in [-0.05, 0) is 30.2 Å². The van der Waals surface area contributed by atoms with Crippen LogP contribution in [-0.4, -0.2) is 20.2 Å². The van der Waals surface area contributed by atoms with Crippen molar-refractivity contribution in [1.82, 2.24) is 0 Å². The Hall–Kier alpha value is -1.77. The summed E-state index contributed by atoms with van der Waals surface area (Å²) < 4.78 is 9.51. The molecule has 0 saturated heterocycles. The molecule has 0 atom stereocenters. The molecule has 3 heteroatoms. The molecule has 0 radical (unpaired) electrons. The van der Waals surface area contributed by atoms with E-state index in [1.165, 1.54) is 7.11 Å². The first-order chi connectivity index (χ1) is 7.19. The number of allylic oxidation sites excluding steroid dienone is 1. The van der Waals surface area contributed by atoms with Gasteiger partial charge in [-0.1, -0.05) is 12.1 Å². The molecule has 0 aliphatic heterocycles. The summed E-state index contributed by atoms with van der Waals surface area (Å²) in [6, 6.07) is 7.18. The lowest BCUT2D eigenvalue weighted by atomic mass is 10.1. The number of esters is 1. The fraction of sp³-hybridized carbons (Fsp3) is 0.250. The Morgan fingerprint density at radius 1 is 1.13 bits per heavy atom. The largest absolute Gasteiger partial charge is 0.504 e. The standard InChI is InChI=1S/C12H14O3/c1-9(8-14-2)10-4-6-11(7-5-10)12(13)15-3/h4-8H,1-3H3/b9-8-. The Kier molecular flexibility index (Phi) is 3.92. The summed E-state index contributed by atoms with van der Waals surface area (Å²) in [6.45, 7) is 1.94. The summed E-state index contributed by atoms with van der Waals surface area (Å²) >= 11 is 0. The molecule has 0 bridgehead atoms. The van der Waals surface area contributed by atoms with Crippen molar-refractivity contribution in [1.29, 1.82) is 0 Å². The molecule has 15 heavy (non-hydrogen) atoms. The number of benzene rings is 1. The van der Waals surface area contributed by atoms with Gasteiger partial charge in [0.05, 0.1) is 26.0 Å². The molecule has 0 saturated carbocycles. The first-order valence-corrected chi connectivity index (χ1v) is 4.57. The molecule has 1 rings (SSSR count). The van der Waals surface area contributed by atoms with Crippen LogP contribution in [0.4, 0.5) is 0 Å². The lowest BCUT2D eigenvalue weighted by molar-refractivity contribution is 0.0601. The molecule has 0 fully saturated rings. The van der Waals surface area contributed by atoms with Crippen LogP contribution in [-0.2, 0) is 9.47 Å². The first kappa shape index (κ1) is 11.3. The molecular formula is C12H14O3. The van der Waals surface area contributed by atoms with Gasteiger partial charge in [-0.25, -0.2) is 4.79 Å². The number of rotatable bonds is 3. The summed E-state index contributed by atoms with van der Waals surface area (Å²) in [7, 11) is 2.97. The smallest absolute Gasteiger partial charge is 0.337 e. The SMILES string of the molecule is CO/C=C(/C)c1ccc(C(=O)OC)cc1. The third-order valence-corrected chi connectivity index (χ3v) is 2.06. The minimum absolute atomic E-state index is 0.324. The second-order valence-corrected chi connectivity index (χ2v) is 3.11. The zero-order valence-corrected chi connectivity index (χ0v) is 9.11. The minimum atomic E-state index is -0.324. The van der Waals surface area contributed by atoms with Crippen molar-refractivity contribution in [3.8, 4) is 0 Å². The van der Waals surface area contributed by atoms with E-state index in [1.807, 2.05) is 19.1 Å². The average molecular weight is 206 g/mol. The summed E-state index contributed by atoms with van der Waals surface area (Å²) in [5.74, 6) is -0.324. The number of hydrogen-bond acceptors (Lipinski definition) is 3. The van der Waals surface area contributed by atoms with E-state index < -0.39 is 0 Å². The van der Waals surface area contributed by atoms with E-state index >= 15 is 0 Å². The van der Waals surface area contributed by atoms with E-state index in [0.717, 1.165) is 11.1 Å². The Morgan fingerprint density at radius 3 is 2.13 bits per heavy atom. The predicted octanol–water partition coefficient (Wildman–Crippen LogP) is 2.48. The fourth-order valence-corrected chi connectivity index (χ4v) is 1.23. The van der Waals surface area contributed by atoms with E-state index in [9.17, 15) is 4.79 Å². The Balaban J connectivity index is 2.90. The molecule has 0 heterocycles. The zero-order valence-electron chi connectivity index (χ0n) is 9.11. The summed E-state index contributed by atoms with van der Waals surface area (Å²) in [5.41, 5.74) is 2.57. The second kappa shape index (κ2) is 5.20. The number of methoxy groups -OCH3 is 2. The highest BCUT2D eigenvalue weighted by atomic mass is 16.5. The normalized spacial score (nSPS) is 11.0. The Morgan fingerprint density at radius 2 is 1.67 bits per heavy atom. The Labute approximate surface area is 89.3 Å². The van der Waals surface area contributed by atoms with Gasteiger partial charge in [0.25, 0.3) is 0 Å². The van der Waals surface area contributed by atoms with Crippen molar-refractivity contribution < 1.29 is 14.3 Å². The molecule has 0 aromatic heterocycles. The first-order valence-electron chi connectivity index (χ1n) is 4.57. The molecule has 3 nitrogen and oxygen atoms in total. The van der Waals surface area contributed by atoms with E-state index in [2.05, 4.69) is 4.74 Å². The highest BCUT2D eigenvalue weighted by Gasteiger charge is 2.04. The van der Waals surface area contributed by atoms with E-state index in [-0.39, 0.29) is 5.97 Å². The van der Waals surface area contributed by atoms with Gasteiger partial charge in [-0.2, -0.15) is 0 Å². The van der Waals surface area contributed by atoms with E-state index in [0.29, 0.717) is 5.56 Å². The lowest BCUT2D eigenvalue weighted by Crippen LogP contribution is -2.00. The summed E-state index contributed by atoms with van der Waals surface area (Å²) in [5, 5.41) is 0. The van der Waals surface area contributed by atoms with Crippen molar-refractivity contribution in [3.05, 3.63) is 41.7 Å². The molecule has 1 aromatic rings. The van der Waals surface area contributed by atoms with E-state index in [1.54, 1.807) is 25.5 Å². The fourth-order valence-electron chi connectivity index (χ4n) is 1.23. The Bertz CT molecular complexity index is 363. The van der Waals surface area contributed by atoms with Gasteiger partial charge >= 0.3 is 5.97 Å². The topological polar surface area (TPSA) is 35.5 Å². The lowest BCUT2D eigenvalue weighted by Gasteiger charge is -2.03. The molecule has 80 valence electrons. The quantitative estimate of drug-likeness (QED) is 0.563. The van der Waals surface area contributed by atoms with Gasteiger partial charge in [0, 0.05) is 0 Å². The maximum Gasteiger partial charge on any atom is 0.337 e. The van der Waals surface area contributed by atoms with Gasteiger partial charge in [0.2, 0.25) is 0 Å². The monoisotopic (exact) mass is 206 g/mol. The minimum Gasteiger partial charge on any atom is -0.504 e.